The fraction of sp³-hybridized carbons (Fsp3) is 0.125. The van der Waals surface area contributed by atoms with E-state index in [1.165, 1.54) is 0 Å². The molecule has 56 valence electrons. The predicted molar refractivity (Wildman–Crippen MR) is 50.0 cm³/mol. The zero-order chi connectivity index (χ0) is 8.27. The van der Waals surface area contributed by atoms with E-state index in [4.69, 9.17) is 16.9 Å². The normalized spacial score (nSPS) is 10.3. The Balaban J connectivity index is 3.27. The molecule has 0 heterocycles. The van der Waals surface area contributed by atoms with Crippen molar-refractivity contribution in [3.63, 3.8) is 0 Å². The Morgan fingerprint density at radius 3 is 2.73 bits per heavy atom. The fourth-order valence-corrected chi connectivity index (χ4v) is 2.06. The Morgan fingerprint density at radius 1 is 1.55 bits per heavy atom. The van der Waals surface area contributed by atoms with Gasteiger partial charge in [-0.3, -0.25) is 0 Å². The van der Waals surface area contributed by atoms with Crippen molar-refractivity contribution in [2.45, 2.75) is 0 Å². The van der Waals surface area contributed by atoms with Gasteiger partial charge in [0, 0.05) is 10.3 Å². The second-order valence-corrected chi connectivity index (χ2v) is 3.43. The second kappa shape index (κ2) is 3.72. The van der Waals surface area contributed by atoms with Crippen molar-refractivity contribution in [1.29, 1.82) is 5.26 Å². The molecule has 0 aromatic heterocycles. The molecule has 0 aliphatic rings. The quantitative estimate of drug-likeness (QED) is 0.612. The van der Waals surface area contributed by atoms with Crippen LogP contribution >= 0.6 is 20.2 Å². The van der Waals surface area contributed by atoms with Gasteiger partial charge in [0.2, 0.25) is 0 Å². The highest BCUT2D eigenvalue weighted by molar-refractivity contribution is 7.46. The third kappa shape index (κ3) is 1.71. The van der Waals surface area contributed by atoms with Crippen LogP contribution in [-0.4, -0.2) is 6.66 Å². The molecular formula is C8H7ClNP. The van der Waals surface area contributed by atoms with Gasteiger partial charge in [0.05, 0.1) is 11.6 Å². The standard InChI is InChI=1S/C8H7ClNP/c1-11-8-6(5-10)3-2-4-7(8)9/h2-4,11H,1H3. The highest BCUT2D eigenvalue weighted by atomic mass is 35.5. The topological polar surface area (TPSA) is 23.8 Å². The highest BCUT2D eigenvalue weighted by Gasteiger charge is 2.02. The lowest BCUT2D eigenvalue weighted by Crippen LogP contribution is -2.00. The lowest BCUT2D eigenvalue weighted by molar-refractivity contribution is 1.50. The predicted octanol–water partition coefficient (Wildman–Crippen LogP) is 2.15. The van der Waals surface area contributed by atoms with Crippen LogP contribution in [0, 0.1) is 11.3 Å². The first-order chi connectivity index (χ1) is 5.29. The van der Waals surface area contributed by atoms with Gasteiger partial charge in [0.1, 0.15) is 0 Å². The Labute approximate surface area is 72.8 Å². The molecular weight excluding hydrogens is 177 g/mol. The Kier molecular flexibility index (Phi) is 2.88. The Hall–Kier alpha value is -0.570. The molecule has 0 N–H and O–H groups in total. The van der Waals surface area contributed by atoms with E-state index >= 15 is 0 Å². The van der Waals surface area contributed by atoms with Crippen molar-refractivity contribution in [2.75, 3.05) is 6.66 Å². The summed E-state index contributed by atoms with van der Waals surface area (Å²) >= 11 is 5.86. The number of nitrogens with zero attached hydrogens (tertiary/aromatic N) is 1. The summed E-state index contributed by atoms with van der Waals surface area (Å²) in [6.07, 6.45) is 0. The summed E-state index contributed by atoms with van der Waals surface area (Å²) in [5.74, 6) is 0. The molecule has 0 fully saturated rings. The van der Waals surface area contributed by atoms with Crippen molar-refractivity contribution < 1.29 is 0 Å². The van der Waals surface area contributed by atoms with Crippen LogP contribution in [-0.2, 0) is 0 Å². The zero-order valence-electron chi connectivity index (χ0n) is 6.06. The molecule has 0 aliphatic heterocycles. The molecule has 11 heavy (non-hydrogen) atoms. The monoisotopic (exact) mass is 183 g/mol. The minimum absolute atomic E-state index is 0.580. The van der Waals surface area contributed by atoms with Crippen LogP contribution in [0.25, 0.3) is 0 Å². The first-order valence-corrected chi connectivity index (χ1v) is 5.03. The van der Waals surface area contributed by atoms with Crippen LogP contribution in [0.1, 0.15) is 5.56 Å². The van der Waals surface area contributed by atoms with Gasteiger partial charge in [-0.2, -0.15) is 5.26 Å². The number of halogens is 1. The summed E-state index contributed by atoms with van der Waals surface area (Å²) in [5, 5.41) is 10.3. The average Bonchev–Trinajstić information content (AvgIpc) is 2.04. The van der Waals surface area contributed by atoms with Crippen LogP contribution < -0.4 is 5.30 Å². The SMILES string of the molecule is CPc1c(Cl)cccc1C#N. The van der Waals surface area contributed by atoms with Crippen LogP contribution in [0.5, 0.6) is 0 Å². The molecule has 0 aliphatic carbocycles. The lowest BCUT2D eigenvalue weighted by atomic mass is 10.2. The third-order valence-corrected chi connectivity index (χ3v) is 2.90. The van der Waals surface area contributed by atoms with Gasteiger partial charge < -0.3 is 0 Å². The molecule has 0 saturated carbocycles. The third-order valence-electron chi connectivity index (χ3n) is 1.38. The van der Waals surface area contributed by atoms with Gasteiger partial charge >= 0.3 is 0 Å². The molecule has 1 unspecified atom stereocenters. The number of hydrogen-bond donors (Lipinski definition) is 0. The Bertz CT molecular complexity index is 303. The molecule has 0 amide bonds. The minimum Gasteiger partial charge on any atom is -0.192 e. The summed E-state index contributed by atoms with van der Waals surface area (Å²) in [5.41, 5.74) is 0.693. The van der Waals surface area contributed by atoms with E-state index in [-0.39, 0.29) is 0 Å². The van der Waals surface area contributed by atoms with E-state index in [2.05, 4.69) is 6.07 Å². The van der Waals surface area contributed by atoms with E-state index in [9.17, 15) is 0 Å². The largest absolute Gasteiger partial charge is 0.192 e. The number of rotatable bonds is 1. The number of benzene rings is 1. The van der Waals surface area contributed by atoms with Gasteiger partial charge in [-0.1, -0.05) is 26.2 Å². The van der Waals surface area contributed by atoms with Gasteiger partial charge in [0.15, 0.2) is 0 Å². The fourth-order valence-electron chi connectivity index (χ4n) is 0.871. The molecule has 1 nitrogen and oxygen atoms in total. The van der Waals surface area contributed by atoms with Gasteiger partial charge in [0.25, 0.3) is 0 Å². The van der Waals surface area contributed by atoms with E-state index in [0.717, 1.165) is 5.30 Å². The smallest absolute Gasteiger partial charge is 0.0998 e. The summed E-state index contributed by atoms with van der Waals surface area (Å²) in [6.45, 7) is 2.02. The second-order valence-electron chi connectivity index (χ2n) is 2.02. The van der Waals surface area contributed by atoms with E-state index in [1.54, 1.807) is 12.1 Å². The maximum Gasteiger partial charge on any atom is 0.0998 e. The Morgan fingerprint density at radius 2 is 2.27 bits per heavy atom. The minimum atomic E-state index is 0.580. The van der Waals surface area contributed by atoms with Crippen molar-refractivity contribution in [1.82, 2.24) is 0 Å². The first kappa shape index (κ1) is 8.53. The summed E-state index contributed by atoms with van der Waals surface area (Å²) in [4.78, 5) is 0. The van der Waals surface area contributed by atoms with Crippen molar-refractivity contribution >= 4 is 25.5 Å². The van der Waals surface area contributed by atoms with Gasteiger partial charge in [-0.15, -0.1) is 0 Å². The average molecular weight is 184 g/mol. The molecule has 0 bridgehead atoms. The van der Waals surface area contributed by atoms with Crippen molar-refractivity contribution in [3.05, 3.63) is 28.8 Å². The maximum atomic E-state index is 8.67. The summed E-state index contributed by atoms with van der Waals surface area (Å²) < 4.78 is 0. The van der Waals surface area contributed by atoms with E-state index < -0.39 is 0 Å². The van der Waals surface area contributed by atoms with Crippen molar-refractivity contribution in [3.8, 4) is 6.07 Å². The molecule has 0 spiro atoms. The lowest BCUT2D eigenvalue weighted by Gasteiger charge is -2.01. The van der Waals surface area contributed by atoms with E-state index in [0.29, 0.717) is 19.2 Å². The van der Waals surface area contributed by atoms with Crippen molar-refractivity contribution in [2.24, 2.45) is 0 Å². The van der Waals surface area contributed by atoms with Crippen LogP contribution in [0.3, 0.4) is 0 Å². The van der Waals surface area contributed by atoms with Gasteiger partial charge in [-0.25, -0.2) is 0 Å². The summed E-state index contributed by atoms with van der Waals surface area (Å²) in [6, 6.07) is 7.51. The highest BCUT2D eigenvalue weighted by Crippen LogP contribution is 2.16. The van der Waals surface area contributed by atoms with Crippen LogP contribution in [0.4, 0.5) is 0 Å². The number of hydrogen-bond acceptors (Lipinski definition) is 1. The maximum absolute atomic E-state index is 8.67. The molecule has 1 aromatic rings. The van der Waals surface area contributed by atoms with Crippen LogP contribution in [0.15, 0.2) is 18.2 Å². The molecule has 0 saturated heterocycles. The molecule has 1 rings (SSSR count). The molecule has 0 radical (unpaired) electrons. The first-order valence-electron chi connectivity index (χ1n) is 3.16. The van der Waals surface area contributed by atoms with Gasteiger partial charge in [-0.05, 0) is 18.8 Å². The molecule has 3 heteroatoms. The molecule has 1 atom stereocenters. The molecule has 1 aromatic carbocycles. The van der Waals surface area contributed by atoms with Crippen LogP contribution in [0.2, 0.25) is 5.02 Å². The number of nitriles is 1. The summed E-state index contributed by atoms with van der Waals surface area (Å²) in [7, 11) is 0.580. The zero-order valence-corrected chi connectivity index (χ0v) is 7.81. The van der Waals surface area contributed by atoms with E-state index in [1.807, 2.05) is 12.7 Å².